The number of hydrogen-bond acceptors (Lipinski definition) is 3. The van der Waals surface area contributed by atoms with Crippen molar-refractivity contribution in [3.05, 3.63) is 0 Å². The van der Waals surface area contributed by atoms with E-state index < -0.39 is 0 Å². The molecule has 2 unspecified atom stereocenters. The molecule has 2 atom stereocenters. The number of nitrogens with one attached hydrogen (secondary N) is 1. The Morgan fingerprint density at radius 3 is 2.81 bits per heavy atom. The molecule has 0 spiro atoms. The van der Waals surface area contributed by atoms with E-state index in [1.54, 1.807) is 0 Å². The first-order valence-corrected chi connectivity index (χ1v) is 10.5. The lowest BCUT2D eigenvalue weighted by Gasteiger charge is -2.27. The van der Waals surface area contributed by atoms with Crippen LogP contribution in [0.25, 0.3) is 0 Å². The first-order valence-electron chi connectivity index (χ1n) is 8.71. The van der Waals surface area contributed by atoms with Crippen molar-refractivity contribution < 1.29 is 4.79 Å². The van der Waals surface area contributed by atoms with Gasteiger partial charge in [-0.1, -0.05) is 32.6 Å². The Labute approximate surface area is 141 Å². The van der Waals surface area contributed by atoms with E-state index in [9.17, 15) is 4.79 Å². The fourth-order valence-electron chi connectivity index (χ4n) is 3.00. The Hall–Kier alpha value is 0.170. The summed E-state index contributed by atoms with van der Waals surface area (Å²) in [6, 6.07) is 0. The minimum atomic E-state index is 0.232. The second-order valence-corrected chi connectivity index (χ2v) is 7.83. The predicted octanol–water partition coefficient (Wildman–Crippen LogP) is 4.54. The summed E-state index contributed by atoms with van der Waals surface area (Å²) in [5.74, 6) is 5.17. The lowest BCUT2D eigenvalue weighted by atomic mass is 9.83. The van der Waals surface area contributed by atoms with Gasteiger partial charge in [-0.3, -0.25) is 4.79 Å². The summed E-state index contributed by atoms with van der Waals surface area (Å²) in [4.78, 5) is 11.7. The first kappa shape index (κ1) is 19.2. The van der Waals surface area contributed by atoms with Crippen LogP contribution in [0.4, 0.5) is 0 Å². The zero-order valence-electron chi connectivity index (χ0n) is 13.6. The Morgan fingerprint density at radius 2 is 2.05 bits per heavy atom. The van der Waals surface area contributed by atoms with Crippen molar-refractivity contribution >= 4 is 30.3 Å². The van der Waals surface area contributed by atoms with E-state index in [1.807, 2.05) is 11.8 Å². The highest BCUT2D eigenvalue weighted by molar-refractivity contribution is 7.99. The molecule has 1 N–H and O–H groups in total. The number of carbonyl (C=O) groups is 1. The van der Waals surface area contributed by atoms with Crippen molar-refractivity contribution in [2.75, 3.05) is 23.8 Å². The van der Waals surface area contributed by atoms with E-state index in [-0.39, 0.29) is 5.91 Å². The van der Waals surface area contributed by atoms with E-state index in [0.717, 1.165) is 36.3 Å². The van der Waals surface area contributed by atoms with Crippen molar-refractivity contribution in [1.29, 1.82) is 0 Å². The first-order chi connectivity index (χ1) is 10.3. The van der Waals surface area contributed by atoms with Gasteiger partial charge >= 0.3 is 0 Å². The molecule has 1 saturated carbocycles. The fourth-order valence-corrected chi connectivity index (χ4v) is 4.47. The molecule has 0 saturated heterocycles. The second kappa shape index (κ2) is 12.7. The minimum Gasteiger partial charge on any atom is -0.356 e. The number of hydrogen-bond donors (Lipinski definition) is 2. The third-order valence-corrected chi connectivity index (χ3v) is 6.05. The average molecular weight is 332 g/mol. The quantitative estimate of drug-likeness (QED) is 0.430. The topological polar surface area (TPSA) is 29.1 Å². The summed E-state index contributed by atoms with van der Waals surface area (Å²) in [6.45, 7) is 3.07. The Kier molecular flexibility index (Phi) is 11.6. The maximum atomic E-state index is 11.7. The van der Waals surface area contributed by atoms with Crippen LogP contribution in [0.1, 0.15) is 64.7 Å². The number of thioether (sulfide) groups is 1. The van der Waals surface area contributed by atoms with Crippen LogP contribution in [0.5, 0.6) is 0 Å². The van der Waals surface area contributed by atoms with Crippen molar-refractivity contribution in [1.82, 2.24) is 5.32 Å². The highest BCUT2D eigenvalue weighted by Gasteiger charge is 2.20. The molecule has 4 heteroatoms. The van der Waals surface area contributed by atoms with Gasteiger partial charge in [0, 0.05) is 18.7 Å². The number of unbranched alkanes of at least 4 members (excludes halogenated alkanes) is 3. The number of carbonyl (C=O) groups excluding carboxylic acids is 1. The molecule has 1 amide bonds. The van der Waals surface area contributed by atoms with Gasteiger partial charge in [0.05, 0.1) is 0 Å². The van der Waals surface area contributed by atoms with Crippen LogP contribution >= 0.6 is 24.4 Å². The van der Waals surface area contributed by atoms with Crippen molar-refractivity contribution in [2.45, 2.75) is 64.7 Å². The third-order valence-electron chi connectivity index (χ3n) is 4.33. The van der Waals surface area contributed by atoms with E-state index >= 15 is 0 Å². The molecule has 1 rings (SSSR count). The van der Waals surface area contributed by atoms with E-state index in [0.29, 0.717) is 6.42 Å². The highest BCUT2D eigenvalue weighted by atomic mass is 32.2. The molecule has 1 aliphatic carbocycles. The SMILES string of the molecule is CCCCCCNC(=O)CCSCC1CCCC(CS)C1. The molecular formula is C17H33NOS2. The molecule has 1 aliphatic rings. The molecule has 124 valence electrons. The molecular weight excluding hydrogens is 298 g/mol. The van der Waals surface area contributed by atoms with E-state index in [4.69, 9.17) is 0 Å². The predicted molar refractivity (Wildman–Crippen MR) is 98.4 cm³/mol. The van der Waals surface area contributed by atoms with Gasteiger partial charge in [-0.05, 0) is 49.0 Å². The van der Waals surface area contributed by atoms with Gasteiger partial charge in [-0.25, -0.2) is 0 Å². The van der Waals surface area contributed by atoms with Crippen LogP contribution in [0, 0.1) is 11.8 Å². The minimum absolute atomic E-state index is 0.232. The van der Waals surface area contributed by atoms with Gasteiger partial charge < -0.3 is 5.32 Å². The van der Waals surface area contributed by atoms with Crippen LogP contribution < -0.4 is 5.32 Å². The summed E-state index contributed by atoms with van der Waals surface area (Å²) < 4.78 is 0. The zero-order valence-corrected chi connectivity index (χ0v) is 15.3. The van der Waals surface area contributed by atoms with Crippen molar-refractivity contribution in [2.24, 2.45) is 11.8 Å². The van der Waals surface area contributed by atoms with Gasteiger partial charge in [0.15, 0.2) is 0 Å². The normalized spacial score (nSPS) is 22.2. The lowest BCUT2D eigenvalue weighted by Crippen LogP contribution is -2.25. The monoisotopic (exact) mass is 331 g/mol. The standard InChI is InChI=1S/C17H33NOS2/c1-2-3-4-5-10-18-17(19)9-11-21-14-16-8-6-7-15(12-16)13-20/h15-16,20H,2-14H2,1H3,(H,18,19). The number of amides is 1. The summed E-state index contributed by atoms with van der Waals surface area (Å²) in [6.07, 6.45) is 11.0. The maximum absolute atomic E-state index is 11.7. The van der Waals surface area contributed by atoms with Crippen LogP contribution in [0.2, 0.25) is 0 Å². The lowest BCUT2D eigenvalue weighted by molar-refractivity contribution is -0.120. The Bertz CT molecular complexity index is 274. The highest BCUT2D eigenvalue weighted by Crippen LogP contribution is 2.31. The van der Waals surface area contributed by atoms with Gasteiger partial charge in [0.1, 0.15) is 0 Å². The molecule has 0 bridgehead atoms. The molecule has 0 radical (unpaired) electrons. The average Bonchev–Trinajstić information content (AvgIpc) is 2.51. The zero-order chi connectivity index (χ0) is 15.3. The van der Waals surface area contributed by atoms with Gasteiger partial charge in [-0.2, -0.15) is 24.4 Å². The Morgan fingerprint density at radius 1 is 1.24 bits per heavy atom. The van der Waals surface area contributed by atoms with Crippen LogP contribution in [-0.4, -0.2) is 29.7 Å². The van der Waals surface area contributed by atoms with Crippen LogP contribution in [0.3, 0.4) is 0 Å². The molecule has 0 heterocycles. The van der Waals surface area contributed by atoms with Crippen molar-refractivity contribution in [3.63, 3.8) is 0 Å². The van der Waals surface area contributed by atoms with E-state index in [2.05, 4.69) is 24.9 Å². The van der Waals surface area contributed by atoms with Gasteiger partial charge in [-0.15, -0.1) is 0 Å². The molecule has 0 aromatic heterocycles. The largest absolute Gasteiger partial charge is 0.356 e. The number of thiol groups is 1. The smallest absolute Gasteiger partial charge is 0.220 e. The summed E-state index contributed by atoms with van der Waals surface area (Å²) in [7, 11) is 0. The van der Waals surface area contributed by atoms with Crippen LogP contribution in [-0.2, 0) is 4.79 Å². The van der Waals surface area contributed by atoms with Crippen molar-refractivity contribution in [3.8, 4) is 0 Å². The summed E-state index contributed by atoms with van der Waals surface area (Å²) >= 11 is 6.40. The maximum Gasteiger partial charge on any atom is 0.220 e. The summed E-state index contributed by atoms with van der Waals surface area (Å²) in [5, 5.41) is 3.03. The van der Waals surface area contributed by atoms with Crippen LogP contribution in [0.15, 0.2) is 0 Å². The molecule has 0 aromatic carbocycles. The van der Waals surface area contributed by atoms with Gasteiger partial charge in [0.2, 0.25) is 5.91 Å². The van der Waals surface area contributed by atoms with Gasteiger partial charge in [0.25, 0.3) is 0 Å². The third kappa shape index (κ3) is 9.72. The second-order valence-electron chi connectivity index (χ2n) is 6.32. The molecule has 2 nitrogen and oxygen atoms in total. The van der Waals surface area contributed by atoms with E-state index in [1.165, 1.54) is 50.7 Å². The molecule has 1 fully saturated rings. The molecule has 0 aliphatic heterocycles. The number of rotatable bonds is 11. The Balaban J connectivity index is 1.94. The fraction of sp³-hybridized carbons (Fsp3) is 0.941. The summed E-state index contributed by atoms with van der Waals surface area (Å²) in [5.41, 5.74) is 0. The molecule has 0 aromatic rings. The molecule has 21 heavy (non-hydrogen) atoms.